The Morgan fingerprint density at radius 2 is 2.00 bits per heavy atom. The average Bonchev–Trinajstić information content (AvgIpc) is 3.33. The lowest BCUT2D eigenvalue weighted by Gasteiger charge is -2.52. The van der Waals surface area contributed by atoms with Crippen LogP contribution in [0.15, 0.2) is 23.9 Å². The van der Waals surface area contributed by atoms with Crippen LogP contribution in [-0.2, 0) is 22.5 Å². The monoisotopic (exact) mass is 593 g/mol. The molecule has 2 N–H and O–H groups in total. The van der Waals surface area contributed by atoms with Gasteiger partial charge < -0.3 is 24.8 Å². The van der Waals surface area contributed by atoms with Gasteiger partial charge in [-0.05, 0) is 50.6 Å². The van der Waals surface area contributed by atoms with E-state index in [1.165, 1.54) is 0 Å². The van der Waals surface area contributed by atoms with Crippen molar-refractivity contribution in [3.8, 4) is 6.01 Å². The maximum absolute atomic E-state index is 14.4. The van der Waals surface area contributed by atoms with E-state index in [9.17, 15) is 17.6 Å². The van der Waals surface area contributed by atoms with Gasteiger partial charge in [-0.1, -0.05) is 12.2 Å². The van der Waals surface area contributed by atoms with Crippen molar-refractivity contribution in [2.75, 3.05) is 50.9 Å². The van der Waals surface area contributed by atoms with Gasteiger partial charge in [-0.15, -0.1) is 0 Å². The molecule has 2 aliphatic carbocycles. The number of halogens is 4. The summed E-state index contributed by atoms with van der Waals surface area (Å²) in [5.41, 5.74) is 6.96. The molecule has 6 aliphatic rings. The number of alkyl halides is 4. The second-order valence-corrected chi connectivity index (χ2v) is 12.9. The summed E-state index contributed by atoms with van der Waals surface area (Å²) in [6.45, 7) is 4.42. The van der Waals surface area contributed by atoms with E-state index < -0.39 is 35.7 Å². The number of hydrogen-bond acceptors (Lipinski definition) is 8. The smallest absolute Gasteiger partial charge is 0.392 e. The first-order valence-corrected chi connectivity index (χ1v) is 15.3. The zero-order chi connectivity index (χ0) is 29.1. The van der Waals surface area contributed by atoms with Gasteiger partial charge in [-0.3, -0.25) is 4.90 Å². The van der Waals surface area contributed by atoms with Crippen LogP contribution in [-0.4, -0.2) is 84.4 Å². The van der Waals surface area contributed by atoms with E-state index in [0.29, 0.717) is 51.4 Å². The molecule has 230 valence electrons. The van der Waals surface area contributed by atoms with E-state index in [1.54, 1.807) is 18.2 Å². The van der Waals surface area contributed by atoms with Crippen LogP contribution in [0.25, 0.3) is 0 Å². The van der Waals surface area contributed by atoms with Crippen LogP contribution in [0.4, 0.5) is 23.4 Å². The van der Waals surface area contributed by atoms with Crippen LogP contribution in [0.1, 0.15) is 49.8 Å². The third-order valence-corrected chi connectivity index (χ3v) is 10.4. The van der Waals surface area contributed by atoms with Gasteiger partial charge in [0.25, 0.3) is 0 Å². The summed E-state index contributed by atoms with van der Waals surface area (Å²) in [4.78, 5) is 14.1. The molecule has 0 amide bonds. The Morgan fingerprint density at radius 1 is 1.12 bits per heavy atom. The normalized spacial score (nSPS) is 36.8. The van der Waals surface area contributed by atoms with E-state index in [1.807, 2.05) is 0 Å². The first kappa shape index (κ1) is 28.3. The Hall–Kier alpha value is -2.44. The maximum Gasteiger partial charge on any atom is 0.392 e. The molecule has 1 aromatic heterocycles. The highest BCUT2D eigenvalue weighted by atomic mass is 19.4. The minimum atomic E-state index is -4.31. The number of rotatable bonds is 4. The Labute approximate surface area is 243 Å². The number of aromatic nitrogens is 2. The molecular formula is C30H39F4N5O3. The predicted octanol–water partition coefficient (Wildman–Crippen LogP) is 4.09. The Morgan fingerprint density at radius 3 is 2.86 bits per heavy atom. The van der Waals surface area contributed by atoms with E-state index in [4.69, 9.17) is 29.9 Å². The van der Waals surface area contributed by atoms with Crippen molar-refractivity contribution in [1.29, 1.82) is 0 Å². The number of anilines is 1. The number of fused-ring (bicyclic) bond motifs is 4. The summed E-state index contributed by atoms with van der Waals surface area (Å²) in [7, 11) is 0. The molecule has 7 rings (SSSR count). The van der Waals surface area contributed by atoms with Crippen molar-refractivity contribution >= 4 is 5.82 Å². The van der Waals surface area contributed by atoms with Crippen LogP contribution >= 0.6 is 0 Å². The van der Waals surface area contributed by atoms with Gasteiger partial charge in [-0.25, -0.2) is 4.39 Å². The highest BCUT2D eigenvalue weighted by Crippen LogP contribution is 2.54. The van der Waals surface area contributed by atoms with Crippen LogP contribution < -0.4 is 15.4 Å². The zero-order valence-electron chi connectivity index (χ0n) is 23.8. The van der Waals surface area contributed by atoms with Crippen molar-refractivity contribution in [3.63, 3.8) is 0 Å². The molecule has 5 heterocycles. The lowest BCUT2D eigenvalue weighted by Crippen LogP contribution is -2.55. The van der Waals surface area contributed by atoms with Gasteiger partial charge in [0.1, 0.15) is 18.6 Å². The molecule has 6 atom stereocenters. The lowest BCUT2D eigenvalue weighted by atomic mass is 9.60. The summed E-state index contributed by atoms with van der Waals surface area (Å²) in [5, 5.41) is 0. The van der Waals surface area contributed by atoms with Crippen molar-refractivity contribution in [2.45, 2.75) is 75.0 Å². The van der Waals surface area contributed by atoms with Crippen molar-refractivity contribution in [2.24, 2.45) is 23.5 Å². The van der Waals surface area contributed by atoms with Crippen molar-refractivity contribution < 1.29 is 31.8 Å². The Balaban J connectivity index is 1.22. The SMILES string of the molecule is NC1=CC2C(C=C1)C(C(F)(F)F)CCC21Cc2nc(OCC34CCCN3CC(F)C4)nc(N3CCCOCC3)c2CO1. The molecule has 3 saturated heterocycles. The number of nitrogens with two attached hydrogens (primary N) is 1. The molecule has 0 aromatic carbocycles. The number of hydrogen-bond donors (Lipinski definition) is 1. The van der Waals surface area contributed by atoms with Crippen LogP contribution in [0.3, 0.4) is 0 Å². The van der Waals surface area contributed by atoms with Crippen molar-refractivity contribution in [1.82, 2.24) is 14.9 Å². The molecule has 0 bridgehead atoms. The fourth-order valence-electron chi connectivity index (χ4n) is 8.39. The molecule has 12 heteroatoms. The van der Waals surface area contributed by atoms with Gasteiger partial charge in [0.05, 0.1) is 36.0 Å². The molecule has 0 radical (unpaired) electrons. The van der Waals surface area contributed by atoms with Crippen LogP contribution in [0.2, 0.25) is 0 Å². The van der Waals surface area contributed by atoms with Gasteiger partial charge >= 0.3 is 12.2 Å². The van der Waals surface area contributed by atoms with E-state index >= 15 is 0 Å². The molecular weight excluding hydrogens is 554 g/mol. The molecule has 1 saturated carbocycles. The summed E-state index contributed by atoms with van der Waals surface area (Å²) < 4.78 is 75.2. The highest BCUT2D eigenvalue weighted by molar-refractivity contribution is 5.51. The fourth-order valence-corrected chi connectivity index (χ4v) is 8.39. The third kappa shape index (κ3) is 4.96. The number of ether oxygens (including phenoxy) is 3. The standard InChI is InChI=1S/C30H39F4N5O3/c31-19-14-28(6-1-9-39(28)16-19)18-41-27-36-25-15-29(42-17-22(25)26(37-27)38-8-2-11-40-12-10-38)7-5-23(30(32,33)34)21-4-3-20(35)13-24(21)29/h3-4,13,19,21,23-24H,1-2,5-12,14-18,35H2. The largest absolute Gasteiger partial charge is 0.461 e. The van der Waals surface area contributed by atoms with Gasteiger partial charge in [0, 0.05) is 56.3 Å². The fraction of sp³-hybridized carbons (Fsp3) is 0.733. The predicted molar refractivity (Wildman–Crippen MR) is 147 cm³/mol. The summed E-state index contributed by atoms with van der Waals surface area (Å²) in [5.74, 6) is -2.01. The topological polar surface area (TPSA) is 86.0 Å². The van der Waals surface area contributed by atoms with Crippen molar-refractivity contribution in [3.05, 3.63) is 35.2 Å². The second kappa shape index (κ2) is 10.6. The molecule has 4 fully saturated rings. The molecule has 8 nitrogen and oxygen atoms in total. The van der Waals surface area contributed by atoms with E-state index in [0.717, 1.165) is 49.4 Å². The lowest BCUT2D eigenvalue weighted by molar-refractivity contribution is -0.222. The Bertz CT molecular complexity index is 1250. The second-order valence-electron chi connectivity index (χ2n) is 12.9. The van der Waals surface area contributed by atoms with E-state index in [2.05, 4.69) is 9.80 Å². The van der Waals surface area contributed by atoms with E-state index in [-0.39, 0.29) is 31.0 Å². The van der Waals surface area contributed by atoms with Crippen LogP contribution in [0, 0.1) is 17.8 Å². The summed E-state index contributed by atoms with van der Waals surface area (Å²) in [6, 6.07) is 0.230. The van der Waals surface area contributed by atoms with Gasteiger partial charge in [0.2, 0.25) is 0 Å². The van der Waals surface area contributed by atoms with Gasteiger partial charge in [0.15, 0.2) is 0 Å². The molecule has 42 heavy (non-hydrogen) atoms. The van der Waals surface area contributed by atoms with Gasteiger partial charge in [-0.2, -0.15) is 23.1 Å². The minimum absolute atomic E-state index is 0.0222. The average molecular weight is 594 g/mol. The third-order valence-electron chi connectivity index (χ3n) is 10.4. The molecule has 1 spiro atoms. The molecule has 6 unspecified atom stereocenters. The first-order chi connectivity index (χ1) is 20.2. The molecule has 4 aliphatic heterocycles. The molecule has 1 aromatic rings. The summed E-state index contributed by atoms with van der Waals surface area (Å²) in [6.07, 6.45) is 3.50. The highest BCUT2D eigenvalue weighted by Gasteiger charge is 2.58. The zero-order valence-corrected chi connectivity index (χ0v) is 23.8. The first-order valence-electron chi connectivity index (χ1n) is 15.3. The Kier molecular flexibility index (Phi) is 7.17. The van der Waals surface area contributed by atoms with Crippen LogP contribution in [0.5, 0.6) is 6.01 Å². The number of allylic oxidation sites excluding steroid dienone is 2. The maximum atomic E-state index is 14.4. The summed E-state index contributed by atoms with van der Waals surface area (Å²) >= 11 is 0. The number of nitrogens with zero attached hydrogens (tertiary/aromatic N) is 4. The quantitative estimate of drug-likeness (QED) is 0.523. The minimum Gasteiger partial charge on any atom is -0.461 e.